The highest BCUT2D eigenvalue weighted by Crippen LogP contribution is 2.29. The molecule has 0 saturated heterocycles. The summed E-state index contributed by atoms with van der Waals surface area (Å²) in [7, 11) is 0. The van der Waals surface area contributed by atoms with Gasteiger partial charge in [0.05, 0.1) is 17.7 Å². The van der Waals surface area contributed by atoms with Gasteiger partial charge in [-0.15, -0.1) is 0 Å². The summed E-state index contributed by atoms with van der Waals surface area (Å²) in [5, 5.41) is 0.564. The average molecular weight is 346 g/mol. The van der Waals surface area contributed by atoms with Crippen molar-refractivity contribution in [2.24, 2.45) is 0 Å². The summed E-state index contributed by atoms with van der Waals surface area (Å²) in [6, 6.07) is 10.0. The highest BCUT2D eigenvalue weighted by Gasteiger charge is 2.30. The maximum Gasteiger partial charge on any atom is 0.416 e. The maximum atomic E-state index is 12.7. The number of rotatable bonds is 4. The zero-order valence-corrected chi connectivity index (χ0v) is 13.0. The van der Waals surface area contributed by atoms with Crippen molar-refractivity contribution in [3.8, 4) is 0 Å². The van der Waals surface area contributed by atoms with Gasteiger partial charge >= 0.3 is 12.1 Å². The van der Waals surface area contributed by atoms with E-state index in [1.807, 2.05) is 0 Å². The monoisotopic (exact) mass is 346 g/mol. The van der Waals surface area contributed by atoms with Crippen LogP contribution in [0, 0.1) is 0 Å². The molecule has 1 aromatic carbocycles. The number of fused-ring (bicyclic) bond motifs is 1. The molecule has 2 aromatic heterocycles. The standard InChI is InChI=1S/C18H13F3N2O2/c19-18(20,21)13-4-1-3-12(11-13)7-10-25-17(24)16-14-5-2-8-22-15(14)6-9-23-16/h1-6,8-9,11H,7,10H2. The predicted molar refractivity (Wildman–Crippen MR) is 85.0 cm³/mol. The Morgan fingerprint density at radius 1 is 1.04 bits per heavy atom. The van der Waals surface area contributed by atoms with Crippen LogP contribution < -0.4 is 0 Å². The minimum absolute atomic E-state index is 0.0432. The quantitative estimate of drug-likeness (QED) is 0.669. The first-order chi connectivity index (χ1) is 11.9. The second-order valence-electron chi connectivity index (χ2n) is 5.31. The van der Waals surface area contributed by atoms with Crippen molar-refractivity contribution in [3.63, 3.8) is 0 Å². The summed E-state index contributed by atoms with van der Waals surface area (Å²) in [6.45, 7) is -0.0432. The number of hydrogen-bond donors (Lipinski definition) is 0. The number of benzene rings is 1. The highest BCUT2D eigenvalue weighted by atomic mass is 19.4. The molecule has 0 fully saturated rings. The van der Waals surface area contributed by atoms with Gasteiger partial charge in [0, 0.05) is 24.2 Å². The van der Waals surface area contributed by atoms with Crippen molar-refractivity contribution >= 4 is 16.9 Å². The maximum absolute atomic E-state index is 12.7. The van der Waals surface area contributed by atoms with E-state index in [1.165, 1.54) is 12.3 Å². The molecule has 0 atom stereocenters. The van der Waals surface area contributed by atoms with E-state index in [0.717, 1.165) is 12.1 Å². The van der Waals surface area contributed by atoms with Crippen LogP contribution in [-0.4, -0.2) is 22.5 Å². The van der Waals surface area contributed by atoms with Gasteiger partial charge in [-0.25, -0.2) is 9.78 Å². The van der Waals surface area contributed by atoms with Crippen LogP contribution in [0.1, 0.15) is 21.6 Å². The van der Waals surface area contributed by atoms with E-state index in [-0.39, 0.29) is 18.7 Å². The van der Waals surface area contributed by atoms with E-state index >= 15 is 0 Å². The first-order valence-corrected chi connectivity index (χ1v) is 7.48. The number of pyridine rings is 2. The molecule has 0 saturated carbocycles. The van der Waals surface area contributed by atoms with Gasteiger partial charge in [0.25, 0.3) is 0 Å². The number of ether oxygens (including phenoxy) is 1. The van der Waals surface area contributed by atoms with E-state index in [1.54, 1.807) is 30.5 Å². The molecule has 0 radical (unpaired) electrons. The first-order valence-electron chi connectivity index (χ1n) is 7.48. The normalized spacial score (nSPS) is 11.5. The van der Waals surface area contributed by atoms with Crippen molar-refractivity contribution in [1.82, 2.24) is 9.97 Å². The van der Waals surface area contributed by atoms with E-state index in [9.17, 15) is 18.0 Å². The Morgan fingerprint density at radius 2 is 1.88 bits per heavy atom. The van der Waals surface area contributed by atoms with E-state index in [0.29, 0.717) is 16.5 Å². The van der Waals surface area contributed by atoms with Crippen LogP contribution in [0.4, 0.5) is 13.2 Å². The summed E-state index contributed by atoms with van der Waals surface area (Å²) < 4.78 is 43.2. The Morgan fingerprint density at radius 3 is 2.68 bits per heavy atom. The highest BCUT2D eigenvalue weighted by molar-refractivity contribution is 6.01. The second kappa shape index (κ2) is 6.88. The fraction of sp³-hybridized carbons (Fsp3) is 0.167. The molecule has 0 aliphatic rings. The summed E-state index contributed by atoms with van der Waals surface area (Å²) in [6.07, 6.45) is -1.16. The molecule has 0 unspecified atom stereocenters. The minimum Gasteiger partial charge on any atom is -0.461 e. The SMILES string of the molecule is O=C(OCCc1cccc(C(F)(F)F)c1)c1nccc2ncccc12. The second-order valence-corrected chi connectivity index (χ2v) is 5.31. The average Bonchev–Trinajstić information content (AvgIpc) is 2.60. The van der Waals surface area contributed by atoms with Gasteiger partial charge in [-0.1, -0.05) is 18.2 Å². The topological polar surface area (TPSA) is 52.1 Å². The molecule has 0 N–H and O–H groups in total. The fourth-order valence-corrected chi connectivity index (χ4v) is 2.40. The lowest BCUT2D eigenvalue weighted by Gasteiger charge is -2.09. The number of halogens is 3. The molecular formula is C18H13F3N2O2. The summed E-state index contributed by atoms with van der Waals surface area (Å²) in [5.41, 5.74) is 0.463. The summed E-state index contributed by atoms with van der Waals surface area (Å²) in [5.74, 6) is -0.634. The summed E-state index contributed by atoms with van der Waals surface area (Å²) >= 11 is 0. The molecule has 7 heteroatoms. The number of hydrogen-bond acceptors (Lipinski definition) is 4. The van der Waals surface area contributed by atoms with Crippen LogP contribution in [-0.2, 0) is 17.3 Å². The molecule has 0 amide bonds. The molecule has 0 spiro atoms. The van der Waals surface area contributed by atoms with Gasteiger partial charge in [-0.3, -0.25) is 4.98 Å². The number of aromatic nitrogens is 2. The summed E-state index contributed by atoms with van der Waals surface area (Å²) in [4.78, 5) is 20.3. The van der Waals surface area contributed by atoms with Gasteiger partial charge in [0.15, 0.2) is 5.69 Å². The molecule has 0 bridgehead atoms. The molecule has 0 aliphatic heterocycles. The Kier molecular flexibility index (Phi) is 4.65. The number of carbonyl (C=O) groups is 1. The third kappa shape index (κ3) is 3.93. The van der Waals surface area contributed by atoms with Crippen LogP contribution in [0.15, 0.2) is 54.9 Å². The Labute approximate surface area is 141 Å². The Bertz CT molecular complexity index is 905. The van der Waals surface area contributed by atoms with E-state index in [2.05, 4.69) is 9.97 Å². The van der Waals surface area contributed by atoms with Gasteiger partial charge in [0.1, 0.15) is 0 Å². The molecular weight excluding hydrogens is 333 g/mol. The minimum atomic E-state index is -4.40. The molecule has 0 aliphatic carbocycles. The van der Waals surface area contributed by atoms with Crippen LogP contribution in [0.25, 0.3) is 10.9 Å². The predicted octanol–water partition coefficient (Wildman–Crippen LogP) is 4.05. The molecule has 2 heterocycles. The smallest absolute Gasteiger partial charge is 0.416 e. The van der Waals surface area contributed by atoms with E-state index < -0.39 is 17.7 Å². The lowest BCUT2D eigenvalue weighted by atomic mass is 10.1. The Hall–Kier alpha value is -2.96. The van der Waals surface area contributed by atoms with Gasteiger partial charge in [-0.2, -0.15) is 13.2 Å². The van der Waals surface area contributed by atoms with Crippen LogP contribution in [0.3, 0.4) is 0 Å². The van der Waals surface area contributed by atoms with E-state index in [4.69, 9.17) is 4.74 Å². The molecule has 4 nitrogen and oxygen atoms in total. The third-order valence-corrected chi connectivity index (χ3v) is 3.60. The van der Waals surface area contributed by atoms with Crippen molar-refractivity contribution in [2.75, 3.05) is 6.61 Å². The van der Waals surface area contributed by atoms with Crippen LogP contribution >= 0.6 is 0 Å². The van der Waals surface area contributed by atoms with Crippen molar-refractivity contribution in [2.45, 2.75) is 12.6 Å². The van der Waals surface area contributed by atoms with Crippen LogP contribution in [0.2, 0.25) is 0 Å². The number of esters is 1. The molecule has 3 rings (SSSR count). The van der Waals surface area contributed by atoms with Crippen molar-refractivity contribution < 1.29 is 22.7 Å². The lowest BCUT2D eigenvalue weighted by molar-refractivity contribution is -0.137. The molecule has 128 valence electrons. The van der Waals surface area contributed by atoms with Crippen molar-refractivity contribution in [3.05, 3.63) is 71.7 Å². The lowest BCUT2D eigenvalue weighted by Crippen LogP contribution is -2.11. The van der Waals surface area contributed by atoms with Crippen LogP contribution in [0.5, 0.6) is 0 Å². The van der Waals surface area contributed by atoms with Gasteiger partial charge in [-0.05, 0) is 29.8 Å². The number of nitrogens with zero attached hydrogens (tertiary/aromatic N) is 2. The third-order valence-electron chi connectivity index (χ3n) is 3.60. The largest absolute Gasteiger partial charge is 0.461 e. The Balaban J connectivity index is 1.67. The number of alkyl halides is 3. The first kappa shape index (κ1) is 16.9. The molecule has 25 heavy (non-hydrogen) atoms. The zero-order chi connectivity index (χ0) is 17.9. The van der Waals surface area contributed by atoms with Gasteiger partial charge < -0.3 is 4.74 Å². The fourth-order valence-electron chi connectivity index (χ4n) is 2.40. The zero-order valence-electron chi connectivity index (χ0n) is 13.0. The number of carbonyl (C=O) groups excluding carboxylic acids is 1. The van der Waals surface area contributed by atoms with Gasteiger partial charge in [0.2, 0.25) is 0 Å². The van der Waals surface area contributed by atoms with Crippen molar-refractivity contribution in [1.29, 1.82) is 0 Å². The molecule has 3 aromatic rings.